The topological polar surface area (TPSA) is 80.9 Å². The lowest BCUT2D eigenvalue weighted by atomic mass is 9.76. The highest BCUT2D eigenvalue weighted by atomic mass is 16.3. The van der Waals surface area contributed by atoms with E-state index in [0.717, 1.165) is 86.5 Å². The third kappa shape index (κ3) is 8.74. The van der Waals surface area contributed by atoms with Crippen molar-refractivity contribution >= 4 is 0 Å². The predicted molar refractivity (Wildman–Crippen MR) is 160 cm³/mol. The molecule has 0 bridgehead atoms. The monoisotopic (exact) mass is 526 g/mol. The first-order valence-electron chi connectivity index (χ1n) is 14.8. The maximum atomic E-state index is 11.7. The molecule has 0 saturated heterocycles. The average Bonchev–Trinajstić information content (AvgIpc) is 2.83. The van der Waals surface area contributed by atoms with Crippen LogP contribution >= 0.6 is 0 Å². The van der Waals surface area contributed by atoms with Gasteiger partial charge in [-0.05, 0) is 78.0 Å². The second-order valence-corrected chi connectivity index (χ2v) is 13.1. The minimum Gasteiger partial charge on any atom is -0.507 e. The molecule has 214 valence electrons. The van der Waals surface area contributed by atoms with Gasteiger partial charge in [-0.25, -0.2) is 0 Å². The summed E-state index contributed by atoms with van der Waals surface area (Å²) in [6.45, 7) is 15.4. The van der Waals surface area contributed by atoms with Crippen molar-refractivity contribution in [3.63, 3.8) is 0 Å². The van der Waals surface area contributed by atoms with Crippen LogP contribution in [0.25, 0.3) is 0 Å². The minimum absolute atomic E-state index is 0.114. The highest BCUT2D eigenvalue weighted by molar-refractivity contribution is 5.56. The molecule has 0 aliphatic rings. The SMILES string of the molecule is CCCC(c1cc(CCCCCO)cc(C(C)(C)C)c1O)c1cc(CCCCCO)cc(C(C)(C)C)c1O. The van der Waals surface area contributed by atoms with E-state index in [-0.39, 0.29) is 30.0 Å². The molecule has 0 spiro atoms. The molecule has 2 aromatic rings. The summed E-state index contributed by atoms with van der Waals surface area (Å²) in [5.41, 5.74) is 5.68. The molecule has 0 fully saturated rings. The Labute approximate surface area is 232 Å². The van der Waals surface area contributed by atoms with Crippen molar-refractivity contribution in [1.82, 2.24) is 0 Å². The van der Waals surface area contributed by atoms with Crippen LogP contribution in [0.3, 0.4) is 0 Å². The van der Waals surface area contributed by atoms with Crippen molar-refractivity contribution in [3.05, 3.63) is 57.6 Å². The fraction of sp³-hybridized carbons (Fsp3) is 0.647. The number of aliphatic hydroxyl groups is 2. The summed E-state index contributed by atoms with van der Waals surface area (Å²) in [7, 11) is 0. The zero-order chi connectivity index (χ0) is 28.5. The van der Waals surface area contributed by atoms with Crippen LogP contribution in [0.1, 0.15) is 139 Å². The van der Waals surface area contributed by atoms with Gasteiger partial charge in [0.05, 0.1) is 0 Å². The van der Waals surface area contributed by atoms with E-state index in [9.17, 15) is 20.4 Å². The molecule has 0 amide bonds. The van der Waals surface area contributed by atoms with E-state index in [1.54, 1.807) is 0 Å². The van der Waals surface area contributed by atoms with E-state index < -0.39 is 0 Å². The Morgan fingerprint density at radius 1 is 0.605 bits per heavy atom. The highest BCUT2D eigenvalue weighted by Gasteiger charge is 2.29. The van der Waals surface area contributed by atoms with Crippen molar-refractivity contribution in [3.8, 4) is 11.5 Å². The minimum atomic E-state index is -0.218. The number of aromatic hydroxyl groups is 2. The van der Waals surface area contributed by atoms with Crippen LogP contribution in [-0.2, 0) is 23.7 Å². The first-order valence-corrected chi connectivity index (χ1v) is 14.8. The van der Waals surface area contributed by atoms with Crippen molar-refractivity contribution in [1.29, 1.82) is 0 Å². The maximum Gasteiger partial charge on any atom is 0.123 e. The normalized spacial score (nSPS) is 12.5. The van der Waals surface area contributed by atoms with Crippen LogP contribution in [0.5, 0.6) is 11.5 Å². The van der Waals surface area contributed by atoms with Crippen molar-refractivity contribution < 1.29 is 20.4 Å². The molecule has 0 heterocycles. The van der Waals surface area contributed by atoms with E-state index in [1.165, 1.54) is 11.1 Å². The number of aliphatic hydroxyl groups excluding tert-OH is 2. The molecule has 38 heavy (non-hydrogen) atoms. The maximum absolute atomic E-state index is 11.7. The van der Waals surface area contributed by atoms with Crippen LogP contribution in [0.2, 0.25) is 0 Å². The third-order valence-electron chi connectivity index (χ3n) is 7.59. The molecule has 2 rings (SSSR count). The molecule has 4 nitrogen and oxygen atoms in total. The van der Waals surface area contributed by atoms with Gasteiger partial charge < -0.3 is 20.4 Å². The lowest BCUT2D eigenvalue weighted by Crippen LogP contribution is -2.16. The molecular weight excluding hydrogens is 472 g/mol. The summed E-state index contributed by atoms with van der Waals surface area (Å²) < 4.78 is 0. The molecule has 0 unspecified atom stereocenters. The molecule has 4 heteroatoms. The van der Waals surface area contributed by atoms with E-state index in [2.05, 4.69) is 72.7 Å². The van der Waals surface area contributed by atoms with Crippen molar-refractivity contribution in [2.24, 2.45) is 0 Å². The Hall–Kier alpha value is -2.04. The Balaban J connectivity index is 2.69. The van der Waals surface area contributed by atoms with Crippen LogP contribution in [-0.4, -0.2) is 33.6 Å². The van der Waals surface area contributed by atoms with Gasteiger partial charge in [0.25, 0.3) is 0 Å². The van der Waals surface area contributed by atoms with Gasteiger partial charge in [0, 0.05) is 30.3 Å². The lowest BCUT2D eigenvalue weighted by Gasteiger charge is -2.29. The van der Waals surface area contributed by atoms with Gasteiger partial charge >= 0.3 is 0 Å². The molecule has 2 aromatic carbocycles. The molecule has 0 saturated carbocycles. The molecular formula is C34H54O4. The van der Waals surface area contributed by atoms with Gasteiger partial charge in [-0.15, -0.1) is 0 Å². The number of benzene rings is 2. The van der Waals surface area contributed by atoms with Crippen LogP contribution in [0.15, 0.2) is 24.3 Å². The van der Waals surface area contributed by atoms with E-state index in [0.29, 0.717) is 11.5 Å². The molecule has 4 N–H and O–H groups in total. The van der Waals surface area contributed by atoms with Gasteiger partial charge in [-0.3, -0.25) is 0 Å². The zero-order valence-electron chi connectivity index (χ0n) is 25.2. The summed E-state index contributed by atoms with van der Waals surface area (Å²) in [4.78, 5) is 0. The zero-order valence-corrected chi connectivity index (χ0v) is 25.2. The quantitative estimate of drug-likeness (QED) is 0.188. The van der Waals surface area contributed by atoms with E-state index >= 15 is 0 Å². The summed E-state index contributed by atoms with van der Waals surface area (Å²) >= 11 is 0. The number of hydrogen-bond donors (Lipinski definition) is 4. The smallest absolute Gasteiger partial charge is 0.123 e. The fourth-order valence-corrected chi connectivity index (χ4v) is 5.40. The lowest BCUT2D eigenvalue weighted by molar-refractivity contribution is 0.283. The molecule has 0 aliphatic carbocycles. The van der Waals surface area contributed by atoms with Crippen molar-refractivity contribution in [2.45, 2.75) is 129 Å². The van der Waals surface area contributed by atoms with E-state index in [1.807, 2.05) is 0 Å². The Morgan fingerprint density at radius 2 is 1.00 bits per heavy atom. The average molecular weight is 527 g/mol. The van der Waals surface area contributed by atoms with Crippen LogP contribution in [0.4, 0.5) is 0 Å². The fourth-order valence-electron chi connectivity index (χ4n) is 5.40. The van der Waals surface area contributed by atoms with Gasteiger partial charge in [0.2, 0.25) is 0 Å². The number of hydrogen-bond acceptors (Lipinski definition) is 4. The third-order valence-corrected chi connectivity index (χ3v) is 7.59. The summed E-state index contributed by atoms with van der Waals surface area (Å²) in [6.07, 6.45) is 9.13. The first kappa shape index (κ1) is 32.2. The van der Waals surface area contributed by atoms with E-state index in [4.69, 9.17) is 0 Å². The summed E-state index contributed by atoms with van der Waals surface area (Å²) in [5.74, 6) is 0.581. The van der Waals surface area contributed by atoms with Gasteiger partial charge in [-0.1, -0.05) is 92.0 Å². The summed E-state index contributed by atoms with van der Waals surface area (Å²) in [6, 6.07) is 8.62. The Morgan fingerprint density at radius 3 is 1.32 bits per heavy atom. The largest absolute Gasteiger partial charge is 0.507 e. The van der Waals surface area contributed by atoms with Crippen molar-refractivity contribution in [2.75, 3.05) is 13.2 Å². The number of unbranched alkanes of at least 4 members (excludes halogenated alkanes) is 4. The molecule has 0 atom stereocenters. The highest BCUT2D eigenvalue weighted by Crippen LogP contribution is 2.46. The van der Waals surface area contributed by atoms with Crippen LogP contribution < -0.4 is 0 Å². The summed E-state index contributed by atoms with van der Waals surface area (Å²) in [5, 5.41) is 41.7. The number of aryl methyl sites for hydroxylation is 2. The Kier molecular flexibility index (Phi) is 12.2. The van der Waals surface area contributed by atoms with Gasteiger partial charge in [0.1, 0.15) is 11.5 Å². The predicted octanol–water partition coefficient (Wildman–Crippen LogP) is 8.04. The molecule has 0 aliphatic heterocycles. The number of phenols is 2. The molecule has 0 radical (unpaired) electrons. The number of rotatable bonds is 14. The van der Waals surface area contributed by atoms with Gasteiger partial charge in [0.15, 0.2) is 0 Å². The van der Waals surface area contributed by atoms with Gasteiger partial charge in [-0.2, -0.15) is 0 Å². The second kappa shape index (κ2) is 14.4. The number of phenolic OH excluding ortho intramolecular Hbond substituents is 2. The molecule has 0 aromatic heterocycles. The standard InChI is InChI=1S/C34H54O4/c1-8-15-26(27-20-24(16-11-9-13-18-35)22-29(31(27)37)33(2,3)4)28-21-25(17-12-10-14-19-36)23-30(32(28)38)34(5,6)7/h20-23,26,35-38H,8-19H2,1-7H3. The second-order valence-electron chi connectivity index (χ2n) is 13.1. The van der Waals surface area contributed by atoms with Crippen LogP contribution in [0, 0.1) is 0 Å². The Bertz CT molecular complexity index is 931. The first-order chi connectivity index (χ1) is 17.8.